The van der Waals surface area contributed by atoms with Crippen molar-refractivity contribution in [3.63, 3.8) is 0 Å². The lowest BCUT2D eigenvalue weighted by Gasteiger charge is -2.06. The first kappa shape index (κ1) is 13.6. The Kier molecular flexibility index (Phi) is 3.34. The number of fused-ring (bicyclic) bond motifs is 1. The first-order valence-corrected chi connectivity index (χ1v) is 6.99. The maximum atomic E-state index is 12.1. The SMILES string of the molecule is COC(=O)c1cc(C2CC2)nc2c1c(C)nn2CCC#N. The molecule has 0 radical (unpaired) electrons. The molecule has 1 aliphatic carbocycles. The zero-order chi connectivity index (χ0) is 15.0. The molecular weight excluding hydrogens is 268 g/mol. The Morgan fingerprint density at radius 1 is 1.57 bits per heavy atom. The standard InChI is InChI=1S/C15H16N4O2/c1-9-13-11(15(20)21-2)8-12(10-4-5-10)17-14(13)19(18-9)7-3-6-16/h8,10H,3-5,7H2,1-2H3. The molecule has 0 spiro atoms. The Morgan fingerprint density at radius 2 is 2.33 bits per heavy atom. The minimum Gasteiger partial charge on any atom is -0.465 e. The Morgan fingerprint density at radius 3 is 2.95 bits per heavy atom. The summed E-state index contributed by atoms with van der Waals surface area (Å²) in [5, 5.41) is 13.9. The lowest BCUT2D eigenvalue weighted by molar-refractivity contribution is 0.0602. The third-order valence-corrected chi connectivity index (χ3v) is 3.73. The first-order valence-electron chi connectivity index (χ1n) is 6.99. The van der Waals surface area contributed by atoms with E-state index in [0.717, 1.165) is 29.6 Å². The number of carbonyl (C=O) groups excluding carboxylic acids is 1. The van der Waals surface area contributed by atoms with Crippen LogP contribution in [0.2, 0.25) is 0 Å². The van der Waals surface area contributed by atoms with E-state index in [1.165, 1.54) is 7.11 Å². The van der Waals surface area contributed by atoms with Crippen LogP contribution < -0.4 is 0 Å². The highest BCUT2D eigenvalue weighted by molar-refractivity contribution is 6.03. The number of esters is 1. The molecule has 0 aliphatic heterocycles. The zero-order valence-electron chi connectivity index (χ0n) is 12.1. The van der Waals surface area contributed by atoms with Crippen LogP contribution in [0.3, 0.4) is 0 Å². The summed E-state index contributed by atoms with van der Waals surface area (Å²) in [6.07, 6.45) is 2.56. The minimum absolute atomic E-state index is 0.360. The molecule has 0 unspecified atom stereocenters. The Labute approximate surface area is 122 Å². The summed E-state index contributed by atoms with van der Waals surface area (Å²) in [5.74, 6) is 0.0599. The molecule has 1 aliphatic rings. The lowest BCUT2D eigenvalue weighted by Crippen LogP contribution is -2.06. The number of nitriles is 1. The monoisotopic (exact) mass is 284 g/mol. The number of pyridine rings is 1. The van der Waals surface area contributed by atoms with Crippen LogP contribution in [0.4, 0.5) is 0 Å². The van der Waals surface area contributed by atoms with E-state index in [4.69, 9.17) is 10.00 Å². The minimum atomic E-state index is -0.368. The van der Waals surface area contributed by atoms with Gasteiger partial charge in [0.05, 0.1) is 42.8 Å². The molecular formula is C15H16N4O2. The number of aromatic nitrogens is 3. The third-order valence-electron chi connectivity index (χ3n) is 3.73. The fraction of sp³-hybridized carbons (Fsp3) is 0.467. The van der Waals surface area contributed by atoms with Crippen LogP contribution in [0.5, 0.6) is 0 Å². The molecule has 6 heteroatoms. The molecule has 2 aromatic rings. The average molecular weight is 284 g/mol. The van der Waals surface area contributed by atoms with E-state index >= 15 is 0 Å². The van der Waals surface area contributed by atoms with Gasteiger partial charge in [-0.15, -0.1) is 0 Å². The molecule has 1 saturated carbocycles. The van der Waals surface area contributed by atoms with Crippen molar-refractivity contribution in [3.8, 4) is 6.07 Å². The second kappa shape index (κ2) is 5.17. The molecule has 21 heavy (non-hydrogen) atoms. The summed E-state index contributed by atoms with van der Waals surface area (Å²) in [4.78, 5) is 16.7. The first-order chi connectivity index (χ1) is 10.2. The van der Waals surface area contributed by atoms with Crippen LogP contribution in [0, 0.1) is 18.3 Å². The van der Waals surface area contributed by atoms with Crippen LogP contribution in [-0.4, -0.2) is 27.8 Å². The zero-order valence-corrected chi connectivity index (χ0v) is 12.1. The van der Waals surface area contributed by atoms with Crippen LogP contribution in [0.15, 0.2) is 6.07 Å². The molecule has 0 N–H and O–H groups in total. The highest BCUT2D eigenvalue weighted by Crippen LogP contribution is 2.40. The molecule has 108 valence electrons. The summed E-state index contributed by atoms with van der Waals surface area (Å²) in [7, 11) is 1.38. The number of hydrogen-bond donors (Lipinski definition) is 0. The van der Waals surface area contributed by atoms with Gasteiger partial charge in [-0.3, -0.25) is 0 Å². The van der Waals surface area contributed by atoms with Crippen molar-refractivity contribution in [1.82, 2.24) is 14.8 Å². The number of ether oxygens (including phenoxy) is 1. The van der Waals surface area contributed by atoms with E-state index in [0.29, 0.717) is 30.1 Å². The van der Waals surface area contributed by atoms with Crippen LogP contribution >= 0.6 is 0 Å². The Balaban J connectivity index is 2.21. The normalized spacial score (nSPS) is 14.1. The lowest BCUT2D eigenvalue weighted by atomic mass is 10.1. The number of methoxy groups -OCH3 is 1. The van der Waals surface area contributed by atoms with Crippen molar-refractivity contribution >= 4 is 17.0 Å². The second-order valence-corrected chi connectivity index (χ2v) is 5.28. The van der Waals surface area contributed by atoms with Crippen LogP contribution in [0.25, 0.3) is 11.0 Å². The molecule has 6 nitrogen and oxygen atoms in total. The maximum absolute atomic E-state index is 12.1. The van der Waals surface area contributed by atoms with Gasteiger partial charge in [-0.2, -0.15) is 10.4 Å². The number of rotatable bonds is 4. The fourth-order valence-electron chi connectivity index (χ4n) is 2.54. The summed E-state index contributed by atoms with van der Waals surface area (Å²) >= 11 is 0. The summed E-state index contributed by atoms with van der Waals surface area (Å²) < 4.78 is 6.60. The van der Waals surface area contributed by atoms with E-state index in [1.54, 1.807) is 4.68 Å². The molecule has 3 rings (SSSR count). The van der Waals surface area contributed by atoms with Gasteiger partial charge in [-0.1, -0.05) is 0 Å². The quantitative estimate of drug-likeness (QED) is 0.805. The maximum Gasteiger partial charge on any atom is 0.338 e. The highest BCUT2D eigenvalue weighted by atomic mass is 16.5. The van der Waals surface area contributed by atoms with Gasteiger partial charge in [0.1, 0.15) is 0 Å². The Bertz CT molecular complexity index is 753. The van der Waals surface area contributed by atoms with Gasteiger partial charge < -0.3 is 4.74 Å². The number of hydrogen-bond acceptors (Lipinski definition) is 5. The van der Waals surface area contributed by atoms with Gasteiger partial charge in [0, 0.05) is 11.6 Å². The molecule has 0 aromatic carbocycles. The fourth-order valence-corrected chi connectivity index (χ4v) is 2.54. The van der Waals surface area contributed by atoms with Crippen molar-refractivity contribution < 1.29 is 9.53 Å². The Hall–Kier alpha value is -2.42. The topological polar surface area (TPSA) is 80.8 Å². The van der Waals surface area contributed by atoms with Gasteiger partial charge >= 0.3 is 5.97 Å². The van der Waals surface area contributed by atoms with Crippen molar-refractivity contribution in [3.05, 3.63) is 23.0 Å². The van der Waals surface area contributed by atoms with E-state index in [1.807, 2.05) is 13.0 Å². The van der Waals surface area contributed by atoms with Crippen molar-refractivity contribution in [1.29, 1.82) is 5.26 Å². The largest absolute Gasteiger partial charge is 0.465 e. The molecule has 0 atom stereocenters. The second-order valence-electron chi connectivity index (χ2n) is 5.28. The number of carbonyl (C=O) groups is 1. The molecule has 2 heterocycles. The highest BCUT2D eigenvalue weighted by Gasteiger charge is 2.28. The van der Waals surface area contributed by atoms with Crippen molar-refractivity contribution in [2.24, 2.45) is 0 Å². The number of aryl methyl sites for hydroxylation is 2. The van der Waals surface area contributed by atoms with Crippen molar-refractivity contribution in [2.75, 3.05) is 7.11 Å². The van der Waals surface area contributed by atoms with Gasteiger partial charge in [0.25, 0.3) is 0 Å². The molecule has 1 fully saturated rings. The van der Waals surface area contributed by atoms with Gasteiger partial charge in [-0.25, -0.2) is 14.5 Å². The van der Waals surface area contributed by atoms with Gasteiger partial charge in [0.2, 0.25) is 0 Å². The third kappa shape index (κ3) is 2.35. The average Bonchev–Trinajstić information content (AvgIpc) is 3.29. The van der Waals surface area contributed by atoms with Gasteiger partial charge in [0.15, 0.2) is 5.65 Å². The molecule has 2 aromatic heterocycles. The van der Waals surface area contributed by atoms with E-state index in [2.05, 4.69) is 16.2 Å². The number of nitrogens with zero attached hydrogens (tertiary/aromatic N) is 4. The van der Waals surface area contributed by atoms with Crippen LogP contribution in [0.1, 0.15) is 46.9 Å². The van der Waals surface area contributed by atoms with Crippen molar-refractivity contribution in [2.45, 2.75) is 38.6 Å². The molecule has 0 saturated heterocycles. The summed E-state index contributed by atoms with van der Waals surface area (Å²) in [5.41, 5.74) is 2.84. The van der Waals surface area contributed by atoms with E-state index < -0.39 is 0 Å². The smallest absolute Gasteiger partial charge is 0.338 e. The predicted molar refractivity (Wildman–Crippen MR) is 75.8 cm³/mol. The van der Waals surface area contributed by atoms with Crippen LogP contribution in [-0.2, 0) is 11.3 Å². The predicted octanol–water partition coefficient (Wildman–Crippen LogP) is 2.32. The summed E-state index contributed by atoms with van der Waals surface area (Å²) in [6.45, 7) is 2.32. The van der Waals surface area contributed by atoms with E-state index in [-0.39, 0.29) is 5.97 Å². The molecule has 0 bridgehead atoms. The van der Waals surface area contributed by atoms with Gasteiger partial charge in [-0.05, 0) is 25.8 Å². The molecule has 0 amide bonds. The summed E-state index contributed by atoms with van der Waals surface area (Å²) in [6, 6.07) is 3.94. The van der Waals surface area contributed by atoms with E-state index in [9.17, 15) is 4.79 Å².